The molecule has 2 aliphatic heterocycles. The minimum absolute atomic E-state index is 0.308. The Hall–Kier alpha value is -0.870. The smallest absolute Gasteiger partial charge is 0.141 e. The van der Waals surface area contributed by atoms with E-state index in [1.54, 1.807) is 0 Å². The predicted octanol–water partition coefficient (Wildman–Crippen LogP) is 3.41. The van der Waals surface area contributed by atoms with E-state index in [0.29, 0.717) is 11.9 Å². The highest BCUT2D eigenvalue weighted by molar-refractivity contribution is 6.17. The second-order valence-corrected chi connectivity index (χ2v) is 6.35. The lowest BCUT2D eigenvalue weighted by atomic mass is 9.99. The predicted molar refractivity (Wildman–Crippen MR) is 84.4 cm³/mol. The van der Waals surface area contributed by atoms with Crippen molar-refractivity contribution in [1.82, 2.24) is 9.88 Å². The van der Waals surface area contributed by atoms with Crippen molar-refractivity contribution in [1.29, 1.82) is 0 Å². The zero-order valence-electron chi connectivity index (χ0n) is 12.4. The fourth-order valence-electron chi connectivity index (χ4n) is 3.58. The zero-order valence-corrected chi connectivity index (χ0v) is 13.2. The minimum Gasteiger partial charge on any atom is -0.356 e. The highest BCUT2D eigenvalue weighted by Gasteiger charge is 2.26. The number of rotatable bonds is 3. The van der Waals surface area contributed by atoms with E-state index in [1.165, 1.54) is 57.5 Å². The van der Waals surface area contributed by atoms with E-state index in [-0.39, 0.29) is 5.82 Å². The van der Waals surface area contributed by atoms with E-state index in [2.05, 4.69) is 14.8 Å². The number of nitrogens with zero attached hydrogens (tertiary/aromatic N) is 3. The third-order valence-corrected chi connectivity index (χ3v) is 5.01. The first kappa shape index (κ1) is 15.0. The van der Waals surface area contributed by atoms with Crippen LogP contribution in [0.2, 0.25) is 0 Å². The molecule has 3 nitrogen and oxygen atoms in total. The van der Waals surface area contributed by atoms with Gasteiger partial charge in [-0.2, -0.15) is 0 Å². The number of hydrogen-bond donors (Lipinski definition) is 0. The zero-order chi connectivity index (χ0) is 14.7. The number of likely N-dealkylation sites (tertiary alicyclic amines) is 1. The molecule has 1 aromatic heterocycles. The first-order valence-electron chi connectivity index (χ1n) is 7.97. The molecule has 21 heavy (non-hydrogen) atoms. The van der Waals surface area contributed by atoms with Gasteiger partial charge < -0.3 is 9.80 Å². The number of alkyl halides is 1. The van der Waals surface area contributed by atoms with Gasteiger partial charge >= 0.3 is 0 Å². The average Bonchev–Trinajstić information content (AvgIpc) is 2.56. The molecule has 0 bridgehead atoms. The molecule has 0 radical (unpaired) electrons. The van der Waals surface area contributed by atoms with Gasteiger partial charge in [-0.05, 0) is 44.8 Å². The molecule has 2 aliphatic rings. The van der Waals surface area contributed by atoms with Gasteiger partial charge in [-0.25, -0.2) is 9.37 Å². The second kappa shape index (κ2) is 6.93. The maximum absolute atomic E-state index is 13.3. The second-order valence-electron chi connectivity index (χ2n) is 6.08. The van der Waals surface area contributed by atoms with Crippen LogP contribution in [0.5, 0.6) is 0 Å². The molecule has 0 unspecified atom stereocenters. The van der Waals surface area contributed by atoms with Gasteiger partial charge in [0.2, 0.25) is 0 Å². The highest BCUT2D eigenvalue weighted by atomic mass is 35.5. The van der Waals surface area contributed by atoms with Crippen LogP contribution in [0.25, 0.3) is 0 Å². The first-order valence-corrected chi connectivity index (χ1v) is 8.51. The SMILES string of the molecule is Fc1cnc(N2CCC(N3CCCCC3)CC2)c(CCl)c1. The van der Waals surface area contributed by atoms with Crippen molar-refractivity contribution in [2.45, 2.75) is 44.0 Å². The Kier molecular flexibility index (Phi) is 4.96. The van der Waals surface area contributed by atoms with E-state index in [1.807, 2.05) is 0 Å². The summed E-state index contributed by atoms with van der Waals surface area (Å²) in [6, 6.07) is 2.22. The quantitative estimate of drug-likeness (QED) is 0.797. The summed E-state index contributed by atoms with van der Waals surface area (Å²) < 4.78 is 13.3. The molecule has 116 valence electrons. The Morgan fingerprint density at radius 2 is 1.86 bits per heavy atom. The summed E-state index contributed by atoms with van der Waals surface area (Å²) in [5.41, 5.74) is 0.799. The van der Waals surface area contributed by atoms with Gasteiger partial charge in [-0.3, -0.25) is 0 Å². The van der Waals surface area contributed by atoms with Gasteiger partial charge in [0.1, 0.15) is 11.6 Å². The lowest BCUT2D eigenvalue weighted by molar-refractivity contribution is 0.141. The Labute approximate surface area is 131 Å². The summed E-state index contributed by atoms with van der Waals surface area (Å²) in [7, 11) is 0. The maximum atomic E-state index is 13.3. The van der Waals surface area contributed by atoms with Crippen molar-refractivity contribution in [3.63, 3.8) is 0 Å². The van der Waals surface area contributed by atoms with Crippen molar-refractivity contribution >= 4 is 17.4 Å². The summed E-state index contributed by atoms with van der Waals surface area (Å²) in [4.78, 5) is 9.18. The Bertz CT molecular complexity index is 469. The molecule has 0 aromatic carbocycles. The normalized spacial score (nSPS) is 21.7. The standard InChI is InChI=1S/C16H23ClFN3/c17-11-13-10-14(18)12-19-16(13)21-8-4-15(5-9-21)20-6-2-1-3-7-20/h10,12,15H,1-9,11H2. The molecule has 0 aliphatic carbocycles. The van der Waals surface area contributed by atoms with Crippen molar-refractivity contribution < 1.29 is 4.39 Å². The molecule has 5 heteroatoms. The van der Waals surface area contributed by atoms with Crippen LogP contribution in [0.3, 0.4) is 0 Å². The number of pyridine rings is 1. The van der Waals surface area contributed by atoms with Crippen LogP contribution in [0, 0.1) is 5.82 Å². The average molecular weight is 312 g/mol. The van der Waals surface area contributed by atoms with Gasteiger partial charge in [0.25, 0.3) is 0 Å². The lowest BCUT2D eigenvalue weighted by Gasteiger charge is -2.40. The van der Waals surface area contributed by atoms with Crippen molar-refractivity contribution in [2.24, 2.45) is 0 Å². The van der Waals surface area contributed by atoms with Crippen LogP contribution in [0.4, 0.5) is 10.2 Å². The van der Waals surface area contributed by atoms with Gasteiger partial charge in [0.15, 0.2) is 0 Å². The molecular weight excluding hydrogens is 289 g/mol. The van der Waals surface area contributed by atoms with E-state index in [0.717, 1.165) is 24.5 Å². The molecule has 0 N–H and O–H groups in total. The van der Waals surface area contributed by atoms with Gasteiger partial charge in [0, 0.05) is 24.7 Å². The number of halogens is 2. The topological polar surface area (TPSA) is 19.4 Å². The molecule has 1 aromatic rings. The fourth-order valence-corrected chi connectivity index (χ4v) is 3.78. The maximum Gasteiger partial charge on any atom is 0.141 e. The Morgan fingerprint density at radius 1 is 1.14 bits per heavy atom. The molecule has 0 atom stereocenters. The molecule has 0 saturated carbocycles. The van der Waals surface area contributed by atoms with Crippen LogP contribution >= 0.6 is 11.6 Å². The molecule has 2 saturated heterocycles. The summed E-state index contributed by atoms with van der Waals surface area (Å²) >= 11 is 5.93. The number of hydrogen-bond acceptors (Lipinski definition) is 3. The van der Waals surface area contributed by atoms with Gasteiger partial charge in [-0.15, -0.1) is 11.6 Å². The van der Waals surface area contributed by atoms with Crippen LogP contribution < -0.4 is 4.90 Å². The number of aromatic nitrogens is 1. The van der Waals surface area contributed by atoms with Crippen molar-refractivity contribution in [3.8, 4) is 0 Å². The van der Waals surface area contributed by atoms with E-state index >= 15 is 0 Å². The molecule has 3 rings (SSSR count). The van der Waals surface area contributed by atoms with Crippen LogP contribution in [0.1, 0.15) is 37.7 Å². The van der Waals surface area contributed by atoms with Crippen molar-refractivity contribution in [3.05, 3.63) is 23.6 Å². The van der Waals surface area contributed by atoms with Crippen LogP contribution in [-0.2, 0) is 5.88 Å². The van der Waals surface area contributed by atoms with Crippen LogP contribution in [0.15, 0.2) is 12.3 Å². The third kappa shape index (κ3) is 3.49. The van der Waals surface area contributed by atoms with Crippen LogP contribution in [-0.4, -0.2) is 42.1 Å². The fraction of sp³-hybridized carbons (Fsp3) is 0.688. The summed E-state index contributed by atoms with van der Waals surface area (Å²) in [6.45, 7) is 4.49. The lowest BCUT2D eigenvalue weighted by Crippen LogP contribution is -2.47. The Balaban J connectivity index is 1.62. The highest BCUT2D eigenvalue weighted by Crippen LogP contribution is 2.26. The Morgan fingerprint density at radius 3 is 2.52 bits per heavy atom. The number of piperidine rings is 2. The van der Waals surface area contributed by atoms with Gasteiger partial charge in [0.05, 0.1) is 12.1 Å². The van der Waals surface area contributed by atoms with Gasteiger partial charge in [-0.1, -0.05) is 6.42 Å². The largest absolute Gasteiger partial charge is 0.356 e. The number of anilines is 1. The molecule has 0 amide bonds. The summed E-state index contributed by atoms with van der Waals surface area (Å²) in [5.74, 6) is 0.868. The summed E-state index contributed by atoms with van der Waals surface area (Å²) in [5, 5.41) is 0. The van der Waals surface area contributed by atoms with E-state index in [4.69, 9.17) is 11.6 Å². The third-order valence-electron chi connectivity index (χ3n) is 4.72. The first-order chi connectivity index (χ1) is 10.3. The molecule has 2 fully saturated rings. The summed E-state index contributed by atoms with van der Waals surface area (Å²) in [6.07, 6.45) is 7.70. The van der Waals surface area contributed by atoms with E-state index < -0.39 is 0 Å². The monoisotopic (exact) mass is 311 g/mol. The van der Waals surface area contributed by atoms with Crippen molar-refractivity contribution in [2.75, 3.05) is 31.1 Å². The van der Waals surface area contributed by atoms with E-state index in [9.17, 15) is 4.39 Å². The molecular formula is C16H23ClFN3. The minimum atomic E-state index is -0.308. The molecule has 3 heterocycles. The molecule has 0 spiro atoms.